The summed E-state index contributed by atoms with van der Waals surface area (Å²) >= 11 is 1.56. The lowest BCUT2D eigenvalue weighted by molar-refractivity contribution is -0.137. The Balaban J connectivity index is 1.71. The number of carboxylic acid groups (broad SMARTS) is 1. The first kappa shape index (κ1) is 21.1. The van der Waals surface area contributed by atoms with Crippen molar-refractivity contribution in [1.29, 1.82) is 0 Å². The van der Waals surface area contributed by atoms with E-state index in [9.17, 15) is 4.79 Å². The van der Waals surface area contributed by atoms with Crippen LogP contribution >= 0.6 is 11.3 Å². The summed E-state index contributed by atoms with van der Waals surface area (Å²) in [5.41, 5.74) is 6.15. The molecule has 3 aromatic rings. The largest absolute Gasteiger partial charge is 0.481 e. The van der Waals surface area contributed by atoms with Crippen LogP contribution in [0.1, 0.15) is 53.7 Å². The molecule has 4 heteroatoms. The molecule has 0 radical (unpaired) electrons. The van der Waals surface area contributed by atoms with Gasteiger partial charge in [-0.15, -0.1) is 11.3 Å². The molecule has 0 fully saturated rings. The van der Waals surface area contributed by atoms with Gasteiger partial charge in [0.15, 0.2) is 5.06 Å². The van der Waals surface area contributed by atoms with E-state index < -0.39 is 5.97 Å². The number of thiophene rings is 1. The molecule has 1 atom stereocenters. The number of rotatable bonds is 9. The lowest BCUT2D eigenvalue weighted by Crippen LogP contribution is -2.04. The van der Waals surface area contributed by atoms with Crippen molar-refractivity contribution in [3.05, 3.63) is 76.2 Å². The molecule has 1 aromatic heterocycles. The maximum Gasteiger partial charge on any atom is 0.303 e. The molecule has 3 nitrogen and oxygen atoms in total. The van der Waals surface area contributed by atoms with Gasteiger partial charge >= 0.3 is 5.97 Å². The summed E-state index contributed by atoms with van der Waals surface area (Å²) in [6.45, 7) is 6.87. The second-order valence-electron chi connectivity index (χ2n) is 7.50. The van der Waals surface area contributed by atoms with Crippen LogP contribution in [-0.2, 0) is 11.4 Å². The Morgan fingerprint density at radius 3 is 2.48 bits per heavy atom. The minimum atomic E-state index is -0.748. The van der Waals surface area contributed by atoms with Crippen LogP contribution in [0.2, 0.25) is 0 Å². The van der Waals surface area contributed by atoms with Gasteiger partial charge in [-0.25, -0.2) is 0 Å². The van der Waals surface area contributed by atoms with E-state index in [2.05, 4.69) is 63.2 Å². The average Bonchev–Trinajstić information content (AvgIpc) is 3.15. The molecule has 0 bridgehead atoms. The van der Waals surface area contributed by atoms with Crippen molar-refractivity contribution in [2.75, 3.05) is 0 Å². The first-order chi connectivity index (χ1) is 14.0. The van der Waals surface area contributed by atoms with Gasteiger partial charge in [0.05, 0.1) is 6.42 Å². The molecule has 0 saturated carbocycles. The van der Waals surface area contributed by atoms with E-state index in [1.54, 1.807) is 11.3 Å². The van der Waals surface area contributed by atoms with E-state index in [4.69, 9.17) is 9.84 Å². The molecular weight excluding hydrogens is 380 g/mol. The van der Waals surface area contributed by atoms with Crippen LogP contribution in [-0.4, -0.2) is 11.1 Å². The van der Waals surface area contributed by atoms with Crippen LogP contribution in [0.3, 0.4) is 0 Å². The van der Waals surface area contributed by atoms with Crippen molar-refractivity contribution in [2.45, 2.75) is 52.6 Å². The van der Waals surface area contributed by atoms with Crippen LogP contribution in [0.4, 0.5) is 0 Å². The van der Waals surface area contributed by atoms with Gasteiger partial charge in [0.25, 0.3) is 0 Å². The summed E-state index contributed by atoms with van der Waals surface area (Å²) in [6, 6.07) is 18.8. The normalized spacial score (nSPS) is 12.0. The zero-order valence-electron chi connectivity index (χ0n) is 17.3. The SMILES string of the molecule is CCCC(CC(=O)O)c1ccc(OCc2cccc(-c3c(C)cccc3C)c2)s1. The number of ether oxygens (including phenoxy) is 1. The Morgan fingerprint density at radius 2 is 1.79 bits per heavy atom. The quantitative estimate of drug-likeness (QED) is 0.416. The van der Waals surface area contributed by atoms with E-state index >= 15 is 0 Å². The Kier molecular flexibility index (Phi) is 7.10. The minimum Gasteiger partial charge on any atom is -0.481 e. The Hall–Kier alpha value is -2.59. The highest BCUT2D eigenvalue weighted by atomic mass is 32.1. The van der Waals surface area contributed by atoms with Crippen molar-refractivity contribution >= 4 is 17.3 Å². The number of carboxylic acids is 1. The molecule has 0 spiro atoms. The molecule has 0 saturated heterocycles. The molecule has 0 aliphatic heterocycles. The molecule has 1 heterocycles. The third-order valence-electron chi connectivity index (χ3n) is 5.14. The van der Waals surface area contributed by atoms with E-state index in [0.717, 1.165) is 28.3 Å². The van der Waals surface area contributed by atoms with Crippen LogP contribution in [0.25, 0.3) is 11.1 Å². The molecule has 0 aliphatic rings. The van der Waals surface area contributed by atoms with Gasteiger partial charge in [0, 0.05) is 10.8 Å². The third kappa shape index (κ3) is 5.48. The second kappa shape index (κ2) is 9.75. The summed E-state index contributed by atoms with van der Waals surface area (Å²) in [7, 11) is 0. The number of carbonyl (C=O) groups is 1. The number of aliphatic carboxylic acids is 1. The fourth-order valence-corrected chi connectivity index (χ4v) is 4.77. The zero-order chi connectivity index (χ0) is 20.8. The van der Waals surface area contributed by atoms with Crippen LogP contribution in [0.15, 0.2) is 54.6 Å². The molecule has 1 unspecified atom stereocenters. The van der Waals surface area contributed by atoms with Gasteiger partial charge in [-0.3, -0.25) is 4.79 Å². The number of hydrogen-bond donors (Lipinski definition) is 1. The van der Waals surface area contributed by atoms with Gasteiger partial charge < -0.3 is 9.84 Å². The molecular formula is C25H28O3S. The minimum absolute atomic E-state index is 0.0622. The van der Waals surface area contributed by atoms with Crippen LogP contribution < -0.4 is 4.74 Å². The van der Waals surface area contributed by atoms with E-state index in [1.807, 2.05) is 12.1 Å². The lowest BCUT2D eigenvalue weighted by atomic mass is 9.95. The van der Waals surface area contributed by atoms with Crippen LogP contribution in [0, 0.1) is 13.8 Å². The summed E-state index contributed by atoms with van der Waals surface area (Å²) in [5, 5.41) is 10.00. The van der Waals surface area contributed by atoms with Crippen molar-refractivity contribution in [2.24, 2.45) is 0 Å². The molecule has 152 valence electrons. The lowest BCUT2D eigenvalue weighted by Gasteiger charge is -2.12. The highest BCUT2D eigenvalue weighted by molar-refractivity contribution is 7.13. The molecule has 2 aromatic carbocycles. The number of aryl methyl sites for hydroxylation is 2. The Labute approximate surface area is 177 Å². The van der Waals surface area contributed by atoms with Gasteiger partial charge in [-0.1, -0.05) is 49.7 Å². The summed E-state index contributed by atoms with van der Waals surface area (Å²) in [5.74, 6) is -0.685. The summed E-state index contributed by atoms with van der Waals surface area (Å²) < 4.78 is 6.03. The predicted octanol–water partition coefficient (Wildman–Crippen LogP) is 6.97. The maximum atomic E-state index is 11.1. The van der Waals surface area contributed by atoms with Gasteiger partial charge in [0.2, 0.25) is 0 Å². The number of benzene rings is 2. The maximum absolute atomic E-state index is 11.1. The fraction of sp³-hybridized carbons (Fsp3) is 0.320. The summed E-state index contributed by atoms with van der Waals surface area (Å²) in [6.07, 6.45) is 2.02. The number of hydrogen-bond acceptors (Lipinski definition) is 3. The second-order valence-corrected chi connectivity index (χ2v) is 8.57. The van der Waals surface area contributed by atoms with Crippen molar-refractivity contribution in [3.63, 3.8) is 0 Å². The molecule has 29 heavy (non-hydrogen) atoms. The molecule has 0 aliphatic carbocycles. The molecule has 0 amide bonds. The Morgan fingerprint density at radius 1 is 1.07 bits per heavy atom. The highest BCUT2D eigenvalue weighted by Gasteiger charge is 2.17. The first-order valence-electron chi connectivity index (χ1n) is 10.1. The third-order valence-corrected chi connectivity index (χ3v) is 6.30. The van der Waals surface area contributed by atoms with Gasteiger partial charge in [0.1, 0.15) is 6.61 Å². The van der Waals surface area contributed by atoms with Crippen molar-refractivity contribution in [3.8, 4) is 16.2 Å². The molecule has 1 N–H and O–H groups in total. The summed E-state index contributed by atoms with van der Waals surface area (Å²) in [4.78, 5) is 12.2. The van der Waals surface area contributed by atoms with E-state index in [0.29, 0.717) is 6.61 Å². The fourth-order valence-electron chi connectivity index (χ4n) is 3.78. The average molecular weight is 409 g/mol. The smallest absolute Gasteiger partial charge is 0.303 e. The first-order valence-corrected chi connectivity index (χ1v) is 10.9. The predicted molar refractivity (Wildman–Crippen MR) is 120 cm³/mol. The van der Waals surface area contributed by atoms with E-state index in [1.165, 1.54) is 22.3 Å². The van der Waals surface area contributed by atoms with E-state index in [-0.39, 0.29) is 12.3 Å². The van der Waals surface area contributed by atoms with Gasteiger partial charge in [-0.05, 0) is 66.3 Å². The standard InChI is InChI=1S/C25H28O3S/c1-4-7-20(15-23(26)27)22-12-13-24(29-22)28-16-19-10-6-11-21(14-19)25-17(2)8-5-9-18(25)3/h5-6,8-14,20H,4,7,15-16H2,1-3H3,(H,26,27). The van der Waals surface area contributed by atoms with Crippen molar-refractivity contribution < 1.29 is 14.6 Å². The van der Waals surface area contributed by atoms with Crippen LogP contribution in [0.5, 0.6) is 5.06 Å². The molecule has 3 rings (SSSR count). The van der Waals surface area contributed by atoms with Gasteiger partial charge in [-0.2, -0.15) is 0 Å². The zero-order valence-corrected chi connectivity index (χ0v) is 18.1. The van der Waals surface area contributed by atoms with Crippen molar-refractivity contribution in [1.82, 2.24) is 0 Å². The Bertz CT molecular complexity index is 953. The monoisotopic (exact) mass is 408 g/mol. The highest BCUT2D eigenvalue weighted by Crippen LogP contribution is 2.35. The topological polar surface area (TPSA) is 46.5 Å².